The fraction of sp³-hybridized carbons (Fsp3) is 0.342. The first-order valence-electron chi connectivity index (χ1n) is 16.1. The quantitative estimate of drug-likeness (QED) is 0.119. The molecule has 233 valence electrons. The lowest BCUT2D eigenvalue weighted by Gasteiger charge is -2.36. The summed E-state index contributed by atoms with van der Waals surface area (Å²) in [6.45, 7) is 16.5. The molecule has 6 rings (SSSR count). The van der Waals surface area contributed by atoms with Gasteiger partial charge in [0, 0.05) is 47.7 Å². The standard InChI is InChI=1S/C38H44N3O2SSi/c1-6-40-22-24-41(25-23-40)36-33-21-26-44-35(33)27-34(39-36)29-17-19-30(20-18-29)42-37(28(2)38(3,4)5)43-45(31-13-9-7-10-14-31)32-15-11-8-12-16-32/h7-21,26-28,37H,6,22-25H2,1-5H3. The van der Waals surface area contributed by atoms with E-state index >= 15 is 0 Å². The molecule has 1 fully saturated rings. The minimum absolute atomic E-state index is 0.00991. The Labute approximate surface area is 274 Å². The zero-order valence-corrected chi connectivity index (χ0v) is 28.9. The predicted molar refractivity (Wildman–Crippen MR) is 191 cm³/mol. The van der Waals surface area contributed by atoms with Gasteiger partial charge in [0.15, 0.2) is 6.29 Å². The molecule has 0 amide bonds. The minimum Gasteiger partial charge on any atom is -0.466 e. The molecule has 1 saturated heterocycles. The van der Waals surface area contributed by atoms with Crippen LogP contribution in [0, 0.1) is 11.3 Å². The number of thiophene rings is 1. The number of anilines is 1. The van der Waals surface area contributed by atoms with Gasteiger partial charge in [-0.1, -0.05) is 95.3 Å². The van der Waals surface area contributed by atoms with E-state index < -0.39 is 15.3 Å². The van der Waals surface area contributed by atoms with Crippen LogP contribution in [0.1, 0.15) is 34.6 Å². The van der Waals surface area contributed by atoms with Crippen LogP contribution in [0.5, 0.6) is 5.75 Å². The van der Waals surface area contributed by atoms with Crippen molar-refractivity contribution in [1.29, 1.82) is 0 Å². The van der Waals surface area contributed by atoms with Crippen LogP contribution in [0.3, 0.4) is 0 Å². The highest BCUT2D eigenvalue weighted by molar-refractivity contribution is 7.17. The van der Waals surface area contributed by atoms with Crippen molar-refractivity contribution in [2.45, 2.75) is 40.9 Å². The molecule has 1 aliphatic heterocycles. The van der Waals surface area contributed by atoms with Crippen LogP contribution in [-0.4, -0.2) is 57.9 Å². The van der Waals surface area contributed by atoms with Crippen LogP contribution in [-0.2, 0) is 4.43 Å². The second-order valence-corrected chi connectivity index (χ2v) is 15.9. The van der Waals surface area contributed by atoms with E-state index in [1.165, 1.54) is 20.5 Å². The van der Waals surface area contributed by atoms with Crippen molar-refractivity contribution >= 4 is 46.7 Å². The maximum absolute atomic E-state index is 7.03. The molecule has 2 atom stereocenters. The smallest absolute Gasteiger partial charge is 0.287 e. The third-order valence-electron chi connectivity index (χ3n) is 9.03. The van der Waals surface area contributed by atoms with E-state index in [-0.39, 0.29) is 11.3 Å². The van der Waals surface area contributed by atoms with Gasteiger partial charge >= 0.3 is 0 Å². The van der Waals surface area contributed by atoms with E-state index in [2.05, 4.69) is 147 Å². The van der Waals surface area contributed by atoms with Crippen LogP contribution < -0.4 is 20.0 Å². The second kappa shape index (κ2) is 13.9. The molecule has 0 aliphatic carbocycles. The van der Waals surface area contributed by atoms with Gasteiger partial charge in [0.05, 0.1) is 5.69 Å². The van der Waals surface area contributed by atoms with Crippen LogP contribution in [0.15, 0.2) is 102 Å². The van der Waals surface area contributed by atoms with E-state index in [0.29, 0.717) is 0 Å². The third kappa shape index (κ3) is 7.33. The van der Waals surface area contributed by atoms with Crippen molar-refractivity contribution in [2.24, 2.45) is 11.3 Å². The lowest BCUT2D eigenvalue weighted by Crippen LogP contribution is -2.51. The molecule has 0 N–H and O–H groups in total. The highest BCUT2D eigenvalue weighted by atomic mass is 32.1. The molecule has 2 aromatic heterocycles. The lowest BCUT2D eigenvalue weighted by molar-refractivity contribution is -0.0688. The molecule has 1 aliphatic rings. The minimum atomic E-state index is -1.55. The Bertz CT molecular complexity index is 1620. The van der Waals surface area contributed by atoms with Gasteiger partial charge in [-0.05, 0) is 64.1 Å². The Morgan fingerprint density at radius 1 is 0.844 bits per heavy atom. The number of likely N-dealkylation sites (N-methyl/N-ethyl adjacent to an activating group) is 1. The molecule has 45 heavy (non-hydrogen) atoms. The van der Waals surface area contributed by atoms with Crippen molar-refractivity contribution in [3.05, 3.63) is 102 Å². The van der Waals surface area contributed by atoms with Crippen molar-refractivity contribution in [2.75, 3.05) is 37.6 Å². The molecule has 3 aromatic carbocycles. The molecule has 0 spiro atoms. The van der Waals surface area contributed by atoms with Crippen LogP contribution in [0.4, 0.5) is 5.82 Å². The van der Waals surface area contributed by atoms with Gasteiger partial charge in [-0.25, -0.2) is 4.98 Å². The summed E-state index contributed by atoms with van der Waals surface area (Å²) in [5.41, 5.74) is 2.08. The second-order valence-electron chi connectivity index (χ2n) is 12.9. The third-order valence-corrected chi connectivity index (χ3v) is 12.1. The Morgan fingerprint density at radius 2 is 1.47 bits per heavy atom. The molecule has 5 aromatic rings. The molecular formula is C38H44N3O2SSi. The molecule has 3 heterocycles. The number of pyridine rings is 1. The van der Waals surface area contributed by atoms with Gasteiger partial charge in [-0.15, -0.1) is 11.3 Å². The van der Waals surface area contributed by atoms with Crippen LogP contribution in [0.25, 0.3) is 21.3 Å². The molecular weight excluding hydrogens is 591 g/mol. The van der Waals surface area contributed by atoms with Crippen LogP contribution >= 0.6 is 11.3 Å². The maximum atomic E-state index is 7.03. The zero-order valence-electron chi connectivity index (χ0n) is 27.1. The molecule has 0 bridgehead atoms. The van der Waals surface area contributed by atoms with E-state index in [4.69, 9.17) is 14.1 Å². The van der Waals surface area contributed by atoms with E-state index in [0.717, 1.165) is 55.5 Å². The highest BCUT2D eigenvalue weighted by Gasteiger charge is 2.34. The van der Waals surface area contributed by atoms with Crippen molar-refractivity contribution in [3.63, 3.8) is 0 Å². The summed E-state index contributed by atoms with van der Waals surface area (Å²) in [7, 11) is -1.55. The number of hydrogen-bond acceptors (Lipinski definition) is 6. The fourth-order valence-electron chi connectivity index (χ4n) is 5.69. The first-order chi connectivity index (χ1) is 21.8. The van der Waals surface area contributed by atoms with Crippen LogP contribution in [0.2, 0.25) is 0 Å². The molecule has 5 nitrogen and oxygen atoms in total. The average Bonchev–Trinajstić information content (AvgIpc) is 3.56. The monoisotopic (exact) mass is 634 g/mol. The largest absolute Gasteiger partial charge is 0.466 e. The highest BCUT2D eigenvalue weighted by Crippen LogP contribution is 2.35. The number of piperazine rings is 1. The summed E-state index contributed by atoms with van der Waals surface area (Å²) in [4.78, 5) is 10.2. The van der Waals surface area contributed by atoms with E-state index in [1.807, 2.05) is 0 Å². The number of ether oxygens (including phenoxy) is 1. The van der Waals surface area contributed by atoms with Crippen molar-refractivity contribution < 1.29 is 9.16 Å². The SMILES string of the molecule is CCN1CCN(c2nc(-c3ccc(OC(O[Si](c4ccccc4)c4ccccc4)C(C)C(C)(C)C)cc3)cc3sccc23)CC1. The van der Waals surface area contributed by atoms with Gasteiger partial charge in [0.1, 0.15) is 11.6 Å². The van der Waals surface area contributed by atoms with Gasteiger partial charge in [-0.3, -0.25) is 0 Å². The number of rotatable bonds is 10. The summed E-state index contributed by atoms with van der Waals surface area (Å²) in [5, 5.41) is 5.84. The Hall–Kier alpha value is -3.49. The van der Waals surface area contributed by atoms with Crippen molar-refractivity contribution in [3.8, 4) is 17.0 Å². The summed E-state index contributed by atoms with van der Waals surface area (Å²) in [5.74, 6) is 2.04. The lowest BCUT2D eigenvalue weighted by atomic mass is 9.82. The van der Waals surface area contributed by atoms with Crippen molar-refractivity contribution in [1.82, 2.24) is 9.88 Å². The molecule has 0 saturated carbocycles. The number of hydrogen-bond donors (Lipinski definition) is 0. The predicted octanol–water partition coefficient (Wildman–Crippen LogP) is 7.31. The fourth-order valence-corrected chi connectivity index (χ4v) is 8.58. The molecule has 7 heteroatoms. The first-order valence-corrected chi connectivity index (χ1v) is 18.4. The topological polar surface area (TPSA) is 37.8 Å². The maximum Gasteiger partial charge on any atom is 0.287 e. The van der Waals surface area contributed by atoms with Gasteiger partial charge in [0.2, 0.25) is 0 Å². The number of fused-ring (bicyclic) bond motifs is 1. The zero-order chi connectivity index (χ0) is 31.4. The van der Waals surface area contributed by atoms with Gasteiger partial charge < -0.3 is 19.0 Å². The summed E-state index contributed by atoms with van der Waals surface area (Å²) in [6, 6.07) is 34.0. The number of aromatic nitrogens is 1. The summed E-state index contributed by atoms with van der Waals surface area (Å²) < 4.78 is 15.0. The molecule has 2 unspecified atom stereocenters. The van der Waals surface area contributed by atoms with E-state index in [9.17, 15) is 0 Å². The number of benzene rings is 3. The number of nitrogens with zero attached hydrogens (tertiary/aromatic N) is 3. The normalized spacial score (nSPS) is 15.8. The average molecular weight is 635 g/mol. The molecule has 1 radical (unpaired) electrons. The first kappa shape index (κ1) is 31.5. The summed E-state index contributed by atoms with van der Waals surface area (Å²) in [6.07, 6.45) is -0.417. The Morgan fingerprint density at radius 3 is 2.04 bits per heavy atom. The van der Waals surface area contributed by atoms with Gasteiger partial charge in [-0.2, -0.15) is 0 Å². The van der Waals surface area contributed by atoms with Gasteiger partial charge in [0.25, 0.3) is 9.04 Å². The Balaban J connectivity index is 1.27. The Kier molecular flexibility index (Phi) is 9.71. The van der Waals surface area contributed by atoms with E-state index in [1.54, 1.807) is 11.3 Å². The summed E-state index contributed by atoms with van der Waals surface area (Å²) >= 11 is 1.78.